The number of nitrogens with zero attached hydrogens (tertiary/aromatic N) is 3. The number of carbonyl (C=O) groups is 2. The van der Waals surface area contributed by atoms with Crippen molar-refractivity contribution in [2.45, 2.75) is 0 Å². The van der Waals surface area contributed by atoms with Gasteiger partial charge in [-0.15, -0.1) is 14.7 Å². The third kappa shape index (κ3) is 1.87. The summed E-state index contributed by atoms with van der Waals surface area (Å²) in [6, 6.07) is 4.49. The lowest BCUT2D eigenvalue weighted by Gasteiger charge is -2.21. The fraction of sp³-hybridized carbons (Fsp3) is 0. The van der Waals surface area contributed by atoms with Gasteiger partial charge in [-0.1, -0.05) is 0 Å². The van der Waals surface area contributed by atoms with Crippen LogP contribution in [-0.2, 0) is 0 Å². The molecule has 2 aromatic carbocycles. The normalized spacial score (nSPS) is 12.2. The molecule has 24 heavy (non-hydrogen) atoms. The van der Waals surface area contributed by atoms with Crippen LogP contribution in [0, 0.1) is 14.7 Å². The van der Waals surface area contributed by atoms with Crippen LogP contribution < -0.4 is 10.7 Å². The summed E-state index contributed by atoms with van der Waals surface area (Å²) in [7, 11) is 0. The molecule has 0 bridgehead atoms. The van der Waals surface area contributed by atoms with Crippen molar-refractivity contribution in [3.05, 3.63) is 61.2 Å². The quantitative estimate of drug-likeness (QED) is 0.570. The molecule has 3 rings (SSSR count). The number of ketones is 2. The van der Waals surface area contributed by atoms with Crippen LogP contribution in [0.25, 0.3) is 0 Å². The lowest BCUT2D eigenvalue weighted by atomic mass is 9.81. The molecule has 0 saturated heterocycles. The Morgan fingerprint density at radius 1 is 0.667 bits per heavy atom. The Balaban J connectivity index is 2.48. The van der Waals surface area contributed by atoms with Gasteiger partial charge in [-0.3, -0.25) is 9.59 Å². The van der Waals surface area contributed by atoms with Gasteiger partial charge in [0, 0.05) is 0 Å². The maximum Gasteiger partial charge on any atom is 0.200 e. The van der Waals surface area contributed by atoms with Crippen LogP contribution in [0.2, 0.25) is 0 Å². The molecular formula is C14H6N4O6. The molecule has 0 atom stereocenters. The molecule has 2 aromatic rings. The number of fused-ring (bicyclic) bond motifs is 2. The molecule has 0 spiro atoms. The van der Waals surface area contributed by atoms with Gasteiger partial charge in [0.1, 0.15) is 17.1 Å². The zero-order valence-corrected chi connectivity index (χ0v) is 11.7. The van der Waals surface area contributed by atoms with Crippen molar-refractivity contribution < 1.29 is 14.4 Å². The van der Waals surface area contributed by atoms with Crippen LogP contribution in [0.15, 0.2) is 39.8 Å². The summed E-state index contributed by atoms with van der Waals surface area (Å²) in [5.74, 6) is 3.16. The van der Waals surface area contributed by atoms with Gasteiger partial charge in [-0.2, -0.15) is 5.90 Å². The zero-order chi connectivity index (χ0) is 17.4. The molecule has 1 aliphatic carbocycles. The first-order valence-corrected chi connectivity index (χ1v) is 6.39. The lowest BCUT2D eigenvalue weighted by molar-refractivity contribution is 0.0977. The first-order valence-electron chi connectivity index (χ1n) is 6.39. The first kappa shape index (κ1) is 15.2. The van der Waals surface area contributed by atoms with E-state index in [1.54, 1.807) is 0 Å². The summed E-state index contributed by atoms with van der Waals surface area (Å²) in [4.78, 5) is 63.0. The van der Waals surface area contributed by atoms with Gasteiger partial charge < -0.3 is 4.84 Å². The summed E-state index contributed by atoms with van der Waals surface area (Å²) in [5.41, 5.74) is -2.58. The number of hydrogen-bond acceptors (Lipinski definition) is 10. The monoisotopic (exact) mass is 326 g/mol. The minimum atomic E-state index is -0.881. The minimum absolute atomic E-state index is 0.192. The highest BCUT2D eigenvalue weighted by Gasteiger charge is 2.39. The summed E-state index contributed by atoms with van der Waals surface area (Å²) >= 11 is 0. The Morgan fingerprint density at radius 3 is 1.46 bits per heavy atom. The SMILES string of the molecule is NOc1ccc(N=O)c2c1C(=O)c1c(N=O)ccc(N=O)c1C2=O. The van der Waals surface area contributed by atoms with E-state index in [-0.39, 0.29) is 33.9 Å². The van der Waals surface area contributed by atoms with E-state index in [1.807, 2.05) is 0 Å². The predicted octanol–water partition coefficient (Wildman–Crippen LogP) is 2.91. The van der Waals surface area contributed by atoms with E-state index >= 15 is 0 Å². The number of hydrogen-bond donors (Lipinski definition) is 1. The predicted molar refractivity (Wildman–Crippen MR) is 80.9 cm³/mol. The number of nitrogens with two attached hydrogens (primary N) is 1. The van der Waals surface area contributed by atoms with E-state index in [2.05, 4.69) is 20.4 Å². The van der Waals surface area contributed by atoms with Gasteiger partial charge in [0.05, 0.1) is 22.3 Å². The van der Waals surface area contributed by atoms with Crippen molar-refractivity contribution in [3.8, 4) is 5.75 Å². The van der Waals surface area contributed by atoms with Crippen LogP contribution in [-0.4, -0.2) is 11.6 Å². The van der Waals surface area contributed by atoms with Crippen molar-refractivity contribution >= 4 is 28.6 Å². The van der Waals surface area contributed by atoms with Crippen LogP contribution >= 0.6 is 0 Å². The van der Waals surface area contributed by atoms with Gasteiger partial charge in [-0.05, 0) is 39.8 Å². The maximum atomic E-state index is 12.8. The molecule has 0 amide bonds. The standard InChI is InChI=1S/C14H6N4O6/c15-24-8-4-3-7(18-23)11-12(8)14(20)10-6(17-22)2-1-5(16-21)9(10)13(11)19/h1-4H,15H2. The number of rotatable bonds is 4. The Kier molecular flexibility index (Phi) is 3.50. The highest BCUT2D eigenvalue weighted by molar-refractivity contribution is 6.33. The molecule has 0 aliphatic heterocycles. The molecule has 10 heteroatoms. The highest BCUT2D eigenvalue weighted by atomic mass is 16.6. The lowest BCUT2D eigenvalue weighted by Crippen LogP contribution is -2.23. The number of carbonyl (C=O) groups excluding carboxylic acids is 2. The summed E-state index contributed by atoms with van der Waals surface area (Å²) in [6.07, 6.45) is 0. The molecule has 0 radical (unpaired) electrons. The molecule has 0 fully saturated rings. The van der Waals surface area contributed by atoms with Crippen LogP contribution in [0.1, 0.15) is 31.8 Å². The summed E-state index contributed by atoms with van der Waals surface area (Å²) in [6.45, 7) is 0. The van der Waals surface area contributed by atoms with Gasteiger partial charge in [-0.25, -0.2) is 0 Å². The average Bonchev–Trinajstić information content (AvgIpc) is 2.63. The van der Waals surface area contributed by atoms with Crippen molar-refractivity contribution in [1.29, 1.82) is 0 Å². The topological polar surface area (TPSA) is 158 Å². The molecule has 0 saturated carbocycles. The van der Waals surface area contributed by atoms with Crippen molar-refractivity contribution in [1.82, 2.24) is 0 Å². The Hall–Kier alpha value is -3.66. The summed E-state index contributed by atoms with van der Waals surface area (Å²) in [5, 5.41) is 8.08. The van der Waals surface area contributed by atoms with E-state index in [0.29, 0.717) is 0 Å². The molecule has 10 nitrogen and oxygen atoms in total. The molecular weight excluding hydrogens is 320 g/mol. The average molecular weight is 326 g/mol. The second-order valence-electron chi connectivity index (χ2n) is 4.74. The van der Waals surface area contributed by atoms with E-state index in [1.165, 1.54) is 6.07 Å². The zero-order valence-electron chi connectivity index (χ0n) is 11.7. The van der Waals surface area contributed by atoms with E-state index in [0.717, 1.165) is 18.2 Å². The van der Waals surface area contributed by atoms with E-state index < -0.39 is 22.7 Å². The Morgan fingerprint density at radius 2 is 1.04 bits per heavy atom. The van der Waals surface area contributed by atoms with Gasteiger partial charge in [0.2, 0.25) is 5.78 Å². The van der Waals surface area contributed by atoms with Crippen LogP contribution in [0.4, 0.5) is 17.1 Å². The molecule has 0 unspecified atom stereocenters. The molecule has 0 aromatic heterocycles. The van der Waals surface area contributed by atoms with Crippen molar-refractivity contribution in [2.75, 3.05) is 0 Å². The largest absolute Gasteiger partial charge is 0.411 e. The van der Waals surface area contributed by atoms with Crippen LogP contribution in [0.3, 0.4) is 0 Å². The summed E-state index contributed by atoms with van der Waals surface area (Å²) < 4.78 is 0. The van der Waals surface area contributed by atoms with Crippen molar-refractivity contribution in [3.63, 3.8) is 0 Å². The molecule has 0 heterocycles. The second-order valence-corrected chi connectivity index (χ2v) is 4.74. The van der Waals surface area contributed by atoms with Crippen LogP contribution in [0.5, 0.6) is 5.75 Å². The second kappa shape index (κ2) is 5.52. The Labute approximate surface area is 132 Å². The molecule has 1 aliphatic rings. The highest BCUT2D eigenvalue weighted by Crippen LogP contribution is 2.43. The van der Waals surface area contributed by atoms with Gasteiger partial charge >= 0.3 is 0 Å². The fourth-order valence-corrected chi connectivity index (χ4v) is 2.64. The smallest absolute Gasteiger partial charge is 0.200 e. The third-order valence-corrected chi connectivity index (χ3v) is 3.64. The Bertz CT molecular complexity index is 953. The van der Waals surface area contributed by atoms with Gasteiger partial charge in [0.25, 0.3) is 0 Å². The van der Waals surface area contributed by atoms with E-state index in [9.17, 15) is 24.3 Å². The fourth-order valence-electron chi connectivity index (χ4n) is 2.64. The third-order valence-electron chi connectivity index (χ3n) is 3.64. The van der Waals surface area contributed by atoms with Crippen molar-refractivity contribution in [2.24, 2.45) is 21.4 Å². The number of nitroso groups, excluding NO2 is 3. The maximum absolute atomic E-state index is 12.8. The first-order chi connectivity index (χ1) is 11.6. The van der Waals surface area contributed by atoms with Gasteiger partial charge in [0.15, 0.2) is 11.5 Å². The minimum Gasteiger partial charge on any atom is -0.411 e. The molecule has 118 valence electrons. The number of benzene rings is 2. The van der Waals surface area contributed by atoms with E-state index in [4.69, 9.17) is 5.90 Å². The molecule has 2 N–H and O–H groups in total.